The Morgan fingerprint density at radius 2 is 1.68 bits per heavy atom. The first-order valence-corrected chi connectivity index (χ1v) is 9.49. The lowest BCUT2D eigenvalue weighted by Crippen LogP contribution is -2.33. The van der Waals surface area contributed by atoms with E-state index in [0.717, 1.165) is 11.1 Å². The molecule has 0 aliphatic carbocycles. The third-order valence-electron chi connectivity index (χ3n) is 3.73. The van der Waals surface area contributed by atoms with Gasteiger partial charge in [0.1, 0.15) is 0 Å². The van der Waals surface area contributed by atoms with E-state index >= 15 is 0 Å². The summed E-state index contributed by atoms with van der Waals surface area (Å²) in [6.45, 7) is 3.83. The van der Waals surface area contributed by atoms with Crippen LogP contribution in [-0.4, -0.2) is 32.3 Å². The zero-order chi connectivity index (χ0) is 18.3. The second-order valence-corrected chi connectivity index (χ2v) is 7.93. The molecule has 2 aromatic rings. The van der Waals surface area contributed by atoms with Crippen molar-refractivity contribution in [2.75, 3.05) is 13.2 Å². The SMILES string of the molecule is Cc1ccc(S(=O)(=O)OC[C@](C)(O)CCOCc2ccccc2)cc1. The molecule has 5 nitrogen and oxygen atoms in total. The zero-order valence-corrected chi connectivity index (χ0v) is 15.3. The van der Waals surface area contributed by atoms with Crippen molar-refractivity contribution in [1.29, 1.82) is 0 Å². The topological polar surface area (TPSA) is 72.8 Å². The molecule has 1 atom stereocenters. The van der Waals surface area contributed by atoms with Crippen LogP contribution in [0.15, 0.2) is 59.5 Å². The fraction of sp³-hybridized carbons (Fsp3) is 0.368. The first kappa shape index (κ1) is 19.6. The lowest BCUT2D eigenvalue weighted by atomic mass is 10.1. The molecule has 0 spiro atoms. The molecule has 0 amide bonds. The molecule has 0 radical (unpaired) electrons. The molecular formula is C19H24O5S. The third kappa shape index (κ3) is 6.59. The van der Waals surface area contributed by atoms with E-state index in [4.69, 9.17) is 8.92 Å². The van der Waals surface area contributed by atoms with Gasteiger partial charge in [-0.1, -0.05) is 48.0 Å². The smallest absolute Gasteiger partial charge is 0.297 e. The van der Waals surface area contributed by atoms with Gasteiger partial charge in [-0.2, -0.15) is 8.42 Å². The van der Waals surface area contributed by atoms with Gasteiger partial charge in [0.2, 0.25) is 0 Å². The molecule has 0 bridgehead atoms. The molecule has 2 rings (SSSR count). The van der Waals surface area contributed by atoms with Crippen LogP contribution in [0.2, 0.25) is 0 Å². The van der Waals surface area contributed by atoms with E-state index in [9.17, 15) is 13.5 Å². The number of hydrogen-bond donors (Lipinski definition) is 1. The van der Waals surface area contributed by atoms with Crippen LogP contribution in [0.3, 0.4) is 0 Å². The van der Waals surface area contributed by atoms with Crippen molar-refractivity contribution in [3.05, 3.63) is 65.7 Å². The summed E-state index contributed by atoms with van der Waals surface area (Å²) in [6, 6.07) is 16.1. The fourth-order valence-electron chi connectivity index (χ4n) is 2.11. The number of benzene rings is 2. The Morgan fingerprint density at radius 3 is 2.32 bits per heavy atom. The van der Waals surface area contributed by atoms with Gasteiger partial charge in [0.25, 0.3) is 10.1 Å². The van der Waals surface area contributed by atoms with Gasteiger partial charge in [0, 0.05) is 13.0 Å². The normalized spacial score (nSPS) is 14.2. The quantitative estimate of drug-likeness (QED) is 0.547. The summed E-state index contributed by atoms with van der Waals surface area (Å²) in [6.07, 6.45) is 0.267. The largest absolute Gasteiger partial charge is 0.388 e. The fourth-order valence-corrected chi connectivity index (χ4v) is 3.12. The van der Waals surface area contributed by atoms with Gasteiger partial charge >= 0.3 is 0 Å². The molecule has 0 heterocycles. The number of aliphatic hydroxyl groups is 1. The van der Waals surface area contributed by atoms with Crippen LogP contribution < -0.4 is 0 Å². The predicted molar refractivity (Wildman–Crippen MR) is 95.7 cm³/mol. The van der Waals surface area contributed by atoms with Crippen molar-refractivity contribution in [3.63, 3.8) is 0 Å². The Hall–Kier alpha value is -1.73. The van der Waals surface area contributed by atoms with E-state index in [1.54, 1.807) is 12.1 Å². The third-order valence-corrected chi connectivity index (χ3v) is 5.01. The van der Waals surface area contributed by atoms with Gasteiger partial charge in [-0.25, -0.2) is 0 Å². The van der Waals surface area contributed by atoms with Crippen LogP contribution in [0.5, 0.6) is 0 Å². The van der Waals surface area contributed by atoms with Crippen molar-refractivity contribution in [2.24, 2.45) is 0 Å². The van der Waals surface area contributed by atoms with E-state index in [0.29, 0.717) is 13.2 Å². The molecule has 136 valence electrons. The Labute approximate surface area is 149 Å². The monoisotopic (exact) mass is 364 g/mol. The number of ether oxygens (including phenoxy) is 1. The summed E-state index contributed by atoms with van der Waals surface area (Å²) in [7, 11) is -3.88. The van der Waals surface area contributed by atoms with Crippen LogP contribution in [0.1, 0.15) is 24.5 Å². The van der Waals surface area contributed by atoms with E-state index in [1.165, 1.54) is 19.1 Å². The molecular weight excluding hydrogens is 340 g/mol. The average Bonchev–Trinajstić information content (AvgIpc) is 2.59. The van der Waals surface area contributed by atoms with Crippen LogP contribution in [0.4, 0.5) is 0 Å². The summed E-state index contributed by atoms with van der Waals surface area (Å²) < 4.78 is 34.8. The van der Waals surface area contributed by atoms with Crippen molar-refractivity contribution in [3.8, 4) is 0 Å². The van der Waals surface area contributed by atoms with Crippen molar-refractivity contribution < 1.29 is 22.4 Å². The standard InChI is InChI=1S/C19H24O5S/c1-16-8-10-18(11-9-16)25(21,22)24-15-19(2,20)12-13-23-14-17-6-4-3-5-7-17/h3-11,20H,12-15H2,1-2H3/t19-/m1/s1. The minimum atomic E-state index is -3.88. The number of aryl methyl sites for hydroxylation is 1. The van der Waals surface area contributed by atoms with E-state index < -0.39 is 15.7 Å². The minimum absolute atomic E-state index is 0.0780. The Balaban J connectivity index is 1.79. The molecule has 2 aromatic carbocycles. The highest BCUT2D eigenvalue weighted by atomic mass is 32.2. The molecule has 0 fully saturated rings. The van der Waals surface area contributed by atoms with Gasteiger partial charge in [-0.15, -0.1) is 0 Å². The van der Waals surface area contributed by atoms with Crippen molar-refractivity contribution in [1.82, 2.24) is 0 Å². The summed E-state index contributed by atoms with van der Waals surface area (Å²) in [5, 5.41) is 10.3. The molecule has 0 aliphatic heterocycles. The van der Waals surface area contributed by atoms with Crippen LogP contribution in [0, 0.1) is 6.92 Å². The van der Waals surface area contributed by atoms with Crippen LogP contribution >= 0.6 is 0 Å². The maximum atomic E-state index is 12.1. The zero-order valence-electron chi connectivity index (χ0n) is 14.5. The second kappa shape index (κ2) is 8.58. The Bertz CT molecular complexity index is 752. The highest BCUT2D eigenvalue weighted by Crippen LogP contribution is 2.17. The van der Waals surface area contributed by atoms with E-state index in [-0.39, 0.29) is 17.9 Å². The van der Waals surface area contributed by atoms with E-state index in [1.807, 2.05) is 37.3 Å². The first-order valence-electron chi connectivity index (χ1n) is 8.09. The van der Waals surface area contributed by atoms with Crippen molar-refractivity contribution >= 4 is 10.1 Å². The molecule has 1 N–H and O–H groups in total. The summed E-state index contributed by atoms with van der Waals surface area (Å²) >= 11 is 0. The second-order valence-electron chi connectivity index (χ2n) is 6.31. The molecule has 0 saturated heterocycles. The lowest BCUT2D eigenvalue weighted by molar-refractivity contribution is -0.0200. The van der Waals surface area contributed by atoms with Crippen LogP contribution in [0.25, 0.3) is 0 Å². The highest BCUT2D eigenvalue weighted by Gasteiger charge is 2.25. The first-order chi connectivity index (χ1) is 11.8. The molecule has 0 aromatic heterocycles. The minimum Gasteiger partial charge on any atom is -0.388 e. The molecule has 25 heavy (non-hydrogen) atoms. The summed E-state index contributed by atoms with van der Waals surface area (Å²) in [5.74, 6) is 0. The van der Waals surface area contributed by atoms with Gasteiger partial charge in [-0.3, -0.25) is 4.18 Å². The Morgan fingerprint density at radius 1 is 1.04 bits per heavy atom. The summed E-state index contributed by atoms with van der Waals surface area (Å²) in [4.78, 5) is 0.0780. The number of rotatable bonds is 9. The Kier molecular flexibility index (Phi) is 6.72. The maximum absolute atomic E-state index is 12.1. The highest BCUT2D eigenvalue weighted by molar-refractivity contribution is 7.86. The van der Waals surface area contributed by atoms with Gasteiger partial charge in [-0.05, 0) is 31.5 Å². The van der Waals surface area contributed by atoms with Crippen molar-refractivity contribution in [2.45, 2.75) is 37.4 Å². The van der Waals surface area contributed by atoms with E-state index in [2.05, 4.69) is 0 Å². The molecule has 0 aliphatic rings. The predicted octanol–water partition coefficient (Wildman–Crippen LogP) is 3.06. The maximum Gasteiger partial charge on any atom is 0.297 e. The number of hydrogen-bond acceptors (Lipinski definition) is 5. The van der Waals surface area contributed by atoms with Gasteiger partial charge in [0.05, 0.1) is 23.7 Å². The molecule has 0 saturated carbocycles. The molecule has 6 heteroatoms. The van der Waals surface area contributed by atoms with Gasteiger partial charge < -0.3 is 9.84 Å². The molecule has 0 unspecified atom stereocenters. The van der Waals surface area contributed by atoms with Crippen LogP contribution in [-0.2, 0) is 25.6 Å². The lowest BCUT2D eigenvalue weighted by Gasteiger charge is -2.22. The summed E-state index contributed by atoms with van der Waals surface area (Å²) in [5.41, 5.74) is 0.705. The average molecular weight is 364 g/mol. The van der Waals surface area contributed by atoms with Gasteiger partial charge in [0.15, 0.2) is 0 Å².